The fourth-order valence-corrected chi connectivity index (χ4v) is 1.78. The first kappa shape index (κ1) is 15.4. The Balaban J connectivity index is 4.43. The van der Waals surface area contributed by atoms with E-state index in [-0.39, 0.29) is 0 Å². The van der Waals surface area contributed by atoms with Gasteiger partial charge in [-0.15, -0.1) is 0 Å². The van der Waals surface area contributed by atoms with E-state index >= 15 is 0 Å². The minimum Gasteiger partial charge on any atom is -0.299 e. The van der Waals surface area contributed by atoms with Crippen LogP contribution in [-0.2, 0) is 0 Å². The number of rotatable bonds is 8. The van der Waals surface area contributed by atoms with Crippen molar-refractivity contribution in [2.75, 3.05) is 19.6 Å². The van der Waals surface area contributed by atoms with E-state index in [2.05, 4.69) is 44.0 Å². The van der Waals surface area contributed by atoms with Crippen LogP contribution in [-0.4, -0.2) is 36.1 Å². The summed E-state index contributed by atoms with van der Waals surface area (Å²) < 4.78 is 0. The Morgan fingerprint density at radius 3 is 2.38 bits per heavy atom. The van der Waals surface area contributed by atoms with Gasteiger partial charge >= 0.3 is 0 Å². The number of nitrogens with zero attached hydrogens (tertiary/aromatic N) is 2. The molecule has 0 aromatic heterocycles. The molecule has 2 atom stereocenters. The van der Waals surface area contributed by atoms with Crippen LogP contribution < -0.4 is 5.32 Å². The lowest BCUT2D eigenvalue weighted by molar-refractivity contribution is 0.174. The van der Waals surface area contributed by atoms with E-state index in [9.17, 15) is 5.26 Å². The number of nitrogens with one attached hydrogen (secondary N) is 1. The molecule has 0 rings (SSSR count). The van der Waals surface area contributed by atoms with Crippen molar-refractivity contribution in [3.8, 4) is 6.07 Å². The van der Waals surface area contributed by atoms with Crippen LogP contribution >= 0.6 is 0 Å². The van der Waals surface area contributed by atoms with Crippen molar-refractivity contribution >= 4 is 0 Å². The van der Waals surface area contributed by atoms with Crippen LogP contribution in [0.15, 0.2) is 0 Å². The van der Waals surface area contributed by atoms with Crippen molar-refractivity contribution in [2.24, 2.45) is 0 Å². The summed E-state index contributed by atoms with van der Waals surface area (Å²) in [6, 6.07) is 2.95. The van der Waals surface area contributed by atoms with Crippen molar-refractivity contribution in [2.45, 2.75) is 59.0 Å². The van der Waals surface area contributed by atoms with Gasteiger partial charge in [-0.05, 0) is 39.8 Å². The van der Waals surface area contributed by atoms with Gasteiger partial charge in [0, 0.05) is 12.6 Å². The lowest BCUT2D eigenvalue weighted by Crippen LogP contribution is -2.52. The Labute approximate surface area is 101 Å². The maximum Gasteiger partial charge on any atom is 0.116 e. The summed E-state index contributed by atoms with van der Waals surface area (Å²) in [6.45, 7) is 13.4. The summed E-state index contributed by atoms with van der Waals surface area (Å²) in [4.78, 5) is 2.37. The predicted molar refractivity (Wildman–Crippen MR) is 69.3 cm³/mol. The number of nitriles is 1. The highest BCUT2D eigenvalue weighted by molar-refractivity contribution is 5.06. The van der Waals surface area contributed by atoms with Gasteiger partial charge in [0.15, 0.2) is 0 Å². The third-order valence-corrected chi connectivity index (χ3v) is 3.15. The smallest absolute Gasteiger partial charge is 0.116 e. The summed E-state index contributed by atoms with van der Waals surface area (Å²) >= 11 is 0. The van der Waals surface area contributed by atoms with Gasteiger partial charge in [-0.1, -0.05) is 20.8 Å². The van der Waals surface area contributed by atoms with Crippen molar-refractivity contribution in [1.82, 2.24) is 10.2 Å². The molecule has 0 amide bonds. The normalized spacial score (nSPS) is 16.8. The minimum absolute atomic E-state index is 0.421. The fourth-order valence-electron chi connectivity index (χ4n) is 1.78. The molecule has 16 heavy (non-hydrogen) atoms. The van der Waals surface area contributed by atoms with Gasteiger partial charge in [0.25, 0.3) is 0 Å². The molecule has 0 aromatic rings. The zero-order chi connectivity index (χ0) is 12.6. The second-order valence-electron chi connectivity index (χ2n) is 4.69. The van der Waals surface area contributed by atoms with E-state index in [0.717, 1.165) is 32.5 Å². The SMILES string of the molecule is CCCNC(C)(C#N)CN(CC)C(C)CC. The Morgan fingerprint density at radius 1 is 1.38 bits per heavy atom. The van der Waals surface area contributed by atoms with E-state index in [4.69, 9.17) is 0 Å². The maximum atomic E-state index is 9.27. The molecule has 3 nitrogen and oxygen atoms in total. The lowest BCUT2D eigenvalue weighted by atomic mass is 10.0. The molecule has 0 saturated heterocycles. The zero-order valence-corrected chi connectivity index (χ0v) is 11.5. The average molecular weight is 225 g/mol. The summed E-state index contributed by atoms with van der Waals surface area (Å²) in [5.74, 6) is 0. The van der Waals surface area contributed by atoms with E-state index < -0.39 is 5.54 Å². The zero-order valence-electron chi connectivity index (χ0n) is 11.5. The average Bonchev–Trinajstić information content (AvgIpc) is 2.32. The highest BCUT2D eigenvalue weighted by Crippen LogP contribution is 2.10. The highest BCUT2D eigenvalue weighted by atomic mass is 15.2. The van der Waals surface area contributed by atoms with Crippen LogP contribution in [0.5, 0.6) is 0 Å². The third kappa shape index (κ3) is 4.96. The molecule has 0 aromatic carbocycles. The molecular weight excluding hydrogens is 198 g/mol. The van der Waals surface area contributed by atoms with E-state index in [0.29, 0.717) is 6.04 Å². The summed E-state index contributed by atoms with van der Waals surface area (Å²) in [7, 11) is 0. The van der Waals surface area contributed by atoms with E-state index in [1.54, 1.807) is 0 Å². The van der Waals surface area contributed by atoms with Gasteiger partial charge in [0.2, 0.25) is 0 Å². The third-order valence-electron chi connectivity index (χ3n) is 3.15. The molecule has 3 heteroatoms. The Kier molecular flexibility index (Phi) is 7.36. The summed E-state index contributed by atoms with van der Waals surface area (Å²) in [5.41, 5.74) is -0.421. The first-order valence-electron chi connectivity index (χ1n) is 6.43. The number of likely N-dealkylation sites (N-methyl/N-ethyl adjacent to an activating group) is 1. The Hall–Kier alpha value is -0.590. The van der Waals surface area contributed by atoms with Crippen molar-refractivity contribution in [3.05, 3.63) is 0 Å². The second kappa shape index (κ2) is 7.65. The lowest BCUT2D eigenvalue weighted by Gasteiger charge is -2.34. The Bertz CT molecular complexity index is 222. The minimum atomic E-state index is -0.421. The molecule has 0 spiro atoms. The molecule has 0 radical (unpaired) electrons. The first-order chi connectivity index (χ1) is 7.52. The molecular formula is C13H27N3. The first-order valence-corrected chi connectivity index (χ1v) is 6.43. The van der Waals surface area contributed by atoms with E-state index in [1.807, 2.05) is 6.92 Å². The molecule has 0 aliphatic rings. The van der Waals surface area contributed by atoms with Crippen LogP contribution in [0.3, 0.4) is 0 Å². The van der Waals surface area contributed by atoms with Crippen LogP contribution in [0.2, 0.25) is 0 Å². The topological polar surface area (TPSA) is 39.1 Å². The number of hydrogen-bond acceptors (Lipinski definition) is 3. The van der Waals surface area contributed by atoms with Gasteiger partial charge in [0.05, 0.1) is 6.07 Å². The van der Waals surface area contributed by atoms with Crippen LogP contribution in [0.1, 0.15) is 47.5 Å². The molecule has 94 valence electrons. The van der Waals surface area contributed by atoms with Crippen molar-refractivity contribution in [3.63, 3.8) is 0 Å². The van der Waals surface area contributed by atoms with Crippen LogP contribution in [0, 0.1) is 11.3 Å². The van der Waals surface area contributed by atoms with Crippen LogP contribution in [0.4, 0.5) is 0 Å². The Morgan fingerprint density at radius 2 is 2.00 bits per heavy atom. The van der Waals surface area contributed by atoms with Gasteiger partial charge < -0.3 is 0 Å². The largest absolute Gasteiger partial charge is 0.299 e. The second-order valence-corrected chi connectivity index (χ2v) is 4.69. The van der Waals surface area contributed by atoms with Crippen molar-refractivity contribution < 1.29 is 0 Å². The van der Waals surface area contributed by atoms with Gasteiger partial charge in [-0.2, -0.15) is 5.26 Å². The monoisotopic (exact) mass is 225 g/mol. The van der Waals surface area contributed by atoms with Crippen molar-refractivity contribution in [1.29, 1.82) is 5.26 Å². The molecule has 1 N–H and O–H groups in total. The van der Waals surface area contributed by atoms with Gasteiger partial charge in [0.1, 0.15) is 5.54 Å². The summed E-state index contributed by atoms with van der Waals surface area (Å²) in [6.07, 6.45) is 2.19. The number of hydrogen-bond donors (Lipinski definition) is 1. The molecule has 0 saturated carbocycles. The molecule has 2 unspecified atom stereocenters. The predicted octanol–water partition coefficient (Wildman–Crippen LogP) is 2.39. The fraction of sp³-hybridized carbons (Fsp3) is 0.923. The highest BCUT2D eigenvalue weighted by Gasteiger charge is 2.27. The quantitative estimate of drug-likeness (QED) is 0.689. The van der Waals surface area contributed by atoms with Gasteiger partial charge in [-0.25, -0.2) is 0 Å². The summed E-state index contributed by atoms with van der Waals surface area (Å²) in [5, 5.41) is 12.6. The molecule has 0 aliphatic carbocycles. The van der Waals surface area contributed by atoms with E-state index in [1.165, 1.54) is 0 Å². The maximum absolute atomic E-state index is 9.27. The standard InChI is InChI=1S/C13H27N3/c1-6-9-15-13(5,10-14)11-16(8-3)12(4)7-2/h12,15H,6-9,11H2,1-5H3. The molecule has 0 fully saturated rings. The van der Waals surface area contributed by atoms with Crippen LogP contribution in [0.25, 0.3) is 0 Å². The molecule has 0 aliphatic heterocycles. The molecule has 0 heterocycles. The molecule has 0 bridgehead atoms. The van der Waals surface area contributed by atoms with Gasteiger partial charge in [-0.3, -0.25) is 10.2 Å².